The molecule has 0 bridgehead atoms. The number of rotatable bonds is 2. The summed E-state index contributed by atoms with van der Waals surface area (Å²) in [6, 6.07) is 5.17. The van der Waals surface area contributed by atoms with Crippen LogP contribution in [0.2, 0.25) is 0 Å². The molecular weight excluding hydrogens is 308 g/mol. The van der Waals surface area contributed by atoms with Crippen LogP contribution >= 0.6 is 0 Å². The van der Waals surface area contributed by atoms with Gasteiger partial charge < -0.3 is 9.47 Å². The molecule has 0 amide bonds. The van der Waals surface area contributed by atoms with Crippen molar-refractivity contribution in [2.75, 3.05) is 14.2 Å². The first-order valence-corrected chi connectivity index (χ1v) is 8.15. The van der Waals surface area contributed by atoms with E-state index in [1.165, 1.54) is 7.11 Å². The highest BCUT2D eigenvalue weighted by molar-refractivity contribution is 6.46. The van der Waals surface area contributed by atoms with Gasteiger partial charge in [0.1, 0.15) is 5.75 Å². The lowest BCUT2D eigenvalue weighted by Gasteiger charge is -2.52. The van der Waals surface area contributed by atoms with Crippen molar-refractivity contribution in [3.63, 3.8) is 0 Å². The molecule has 0 saturated heterocycles. The van der Waals surface area contributed by atoms with Crippen LogP contribution in [0.5, 0.6) is 5.75 Å². The zero-order valence-electron chi connectivity index (χ0n) is 14.5. The highest BCUT2D eigenvalue weighted by Gasteiger charge is 2.61. The van der Waals surface area contributed by atoms with Gasteiger partial charge >= 0.3 is 5.97 Å². The van der Waals surface area contributed by atoms with Crippen LogP contribution in [0.1, 0.15) is 49.0 Å². The maximum Gasteiger partial charge on any atom is 0.312 e. The predicted molar refractivity (Wildman–Crippen MR) is 87.1 cm³/mol. The van der Waals surface area contributed by atoms with Gasteiger partial charge in [0, 0.05) is 11.0 Å². The summed E-state index contributed by atoms with van der Waals surface area (Å²) in [4.78, 5) is 38.1. The van der Waals surface area contributed by atoms with E-state index < -0.39 is 34.3 Å². The number of carbonyl (C=O) groups excluding carboxylic acids is 3. The molecule has 0 N–H and O–H groups in total. The average Bonchev–Trinajstić information content (AvgIpc) is 2.58. The number of hydrogen-bond donors (Lipinski definition) is 0. The minimum Gasteiger partial charge on any atom is -0.497 e. The molecule has 0 aliphatic heterocycles. The molecule has 2 aliphatic rings. The summed E-state index contributed by atoms with van der Waals surface area (Å²) in [7, 11) is 2.89. The van der Waals surface area contributed by atoms with Gasteiger partial charge in [0.05, 0.1) is 25.6 Å². The molecular formula is C19H22O5. The highest BCUT2D eigenvalue weighted by atomic mass is 16.5. The summed E-state index contributed by atoms with van der Waals surface area (Å²) in [6.45, 7) is 3.72. The quantitative estimate of drug-likeness (QED) is 0.616. The first kappa shape index (κ1) is 16.7. The number of fused-ring (bicyclic) bond motifs is 3. The topological polar surface area (TPSA) is 69.7 Å². The van der Waals surface area contributed by atoms with Gasteiger partial charge in [0.25, 0.3) is 0 Å². The number of ketones is 2. The van der Waals surface area contributed by atoms with Crippen LogP contribution in [0.25, 0.3) is 0 Å². The van der Waals surface area contributed by atoms with Crippen molar-refractivity contribution in [3.05, 3.63) is 29.3 Å². The second-order valence-corrected chi connectivity index (χ2v) is 7.22. The molecule has 1 fully saturated rings. The van der Waals surface area contributed by atoms with Crippen LogP contribution < -0.4 is 4.74 Å². The zero-order valence-corrected chi connectivity index (χ0v) is 14.5. The lowest BCUT2D eigenvalue weighted by molar-refractivity contribution is -0.163. The maximum absolute atomic E-state index is 12.9. The third-order valence-corrected chi connectivity index (χ3v) is 5.89. The van der Waals surface area contributed by atoms with Crippen molar-refractivity contribution in [3.8, 4) is 5.75 Å². The minimum atomic E-state index is -0.991. The van der Waals surface area contributed by atoms with Crippen molar-refractivity contribution in [1.82, 2.24) is 0 Å². The van der Waals surface area contributed by atoms with Crippen LogP contribution in [-0.2, 0) is 19.7 Å². The second-order valence-electron chi connectivity index (χ2n) is 7.22. The van der Waals surface area contributed by atoms with Crippen LogP contribution in [0, 0.1) is 11.3 Å². The summed E-state index contributed by atoms with van der Waals surface area (Å²) in [6.07, 6.45) is 2.07. The molecule has 24 heavy (non-hydrogen) atoms. The molecule has 2 aliphatic carbocycles. The number of methoxy groups -OCH3 is 2. The standard InChI is InChI=1S/C19H22O5/c1-18-8-5-9-19(2,17(22)24-4)16(18)15(21)14(20)12-7-6-11(23-3)10-13(12)18/h6-7,10,16H,5,8-9H2,1-4H3/t16-,18?,19?/m1/s1. The number of benzene rings is 1. The van der Waals surface area contributed by atoms with E-state index in [0.717, 1.165) is 18.4 Å². The second kappa shape index (κ2) is 5.43. The van der Waals surface area contributed by atoms with E-state index in [9.17, 15) is 14.4 Å². The molecule has 5 nitrogen and oxygen atoms in total. The third kappa shape index (κ3) is 2.03. The fraction of sp³-hybridized carbons (Fsp3) is 0.526. The van der Waals surface area contributed by atoms with E-state index in [0.29, 0.717) is 17.7 Å². The van der Waals surface area contributed by atoms with E-state index in [-0.39, 0.29) is 0 Å². The molecule has 3 atom stereocenters. The first-order chi connectivity index (χ1) is 11.3. The van der Waals surface area contributed by atoms with Gasteiger partial charge in [-0.15, -0.1) is 0 Å². The lowest BCUT2D eigenvalue weighted by atomic mass is 9.49. The first-order valence-electron chi connectivity index (χ1n) is 8.15. The molecule has 0 spiro atoms. The Morgan fingerprint density at radius 3 is 2.50 bits per heavy atom. The molecule has 1 saturated carbocycles. The Balaban J connectivity index is 2.25. The fourth-order valence-electron chi connectivity index (χ4n) is 4.72. The molecule has 1 aromatic carbocycles. The normalized spacial score (nSPS) is 31.9. The predicted octanol–water partition coefficient (Wildman–Crippen LogP) is 2.70. The van der Waals surface area contributed by atoms with E-state index in [1.807, 2.05) is 13.0 Å². The Hall–Kier alpha value is -2.17. The van der Waals surface area contributed by atoms with Crippen LogP contribution in [0.15, 0.2) is 18.2 Å². The van der Waals surface area contributed by atoms with Crippen molar-refractivity contribution >= 4 is 17.5 Å². The van der Waals surface area contributed by atoms with Crippen LogP contribution in [0.3, 0.4) is 0 Å². The molecule has 0 aromatic heterocycles. The van der Waals surface area contributed by atoms with Crippen LogP contribution in [-0.4, -0.2) is 31.8 Å². The number of ether oxygens (including phenoxy) is 2. The van der Waals surface area contributed by atoms with E-state index in [4.69, 9.17) is 9.47 Å². The van der Waals surface area contributed by atoms with Gasteiger partial charge in [-0.1, -0.05) is 13.3 Å². The van der Waals surface area contributed by atoms with E-state index in [2.05, 4.69) is 0 Å². The Kier molecular flexibility index (Phi) is 3.78. The largest absolute Gasteiger partial charge is 0.497 e. The van der Waals surface area contributed by atoms with Gasteiger partial charge in [-0.3, -0.25) is 14.4 Å². The molecule has 3 rings (SSSR count). The van der Waals surface area contributed by atoms with Crippen molar-refractivity contribution in [2.45, 2.75) is 38.5 Å². The number of carbonyl (C=O) groups is 3. The summed E-state index contributed by atoms with van der Waals surface area (Å²) < 4.78 is 10.3. The SMILES string of the molecule is COC(=O)C1(C)CCCC2(C)c3cc(OC)ccc3C(=O)C(=O)[C@@H]12. The molecule has 128 valence electrons. The minimum absolute atomic E-state index is 0.425. The summed E-state index contributed by atoms with van der Waals surface area (Å²) >= 11 is 0. The van der Waals surface area contributed by atoms with Gasteiger partial charge in [0.2, 0.25) is 11.6 Å². The Morgan fingerprint density at radius 1 is 1.17 bits per heavy atom. The number of esters is 1. The molecule has 0 radical (unpaired) electrons. The van der Waals surface area contributed by atoms with Crippen LogP contribution in [0.4, 0.5) is 0 Å². The Labute approximate surface area is 141 Å². The molecule has 0 heterocycles. The molecule has 2 unspecified atom stereocenters. The van der Waals surface area contributed by atoms with Gasteiger partial charge in [-0.05, 0) is 43.5 Å². The maximum atomic E-state index is 12.9. The van der Waals surface area contributed by atoms with Gasteiger partial charge in [0.15, 0.2) is 0 Å². The average molecular weight is 330 g/mol. The smallest absolute Gasteiger partial charge is 0.312 e. The summed E-state index contributed by atoms with van der Waals surface area (Å²) in [5.74, 6) is -1.50. The zero-order chi connectivity index (χ0) is 17.7. The lowest BCUT2D eigenvalue weighted by Crippen LogP contribution is -2.58. The monoisotopic (exact) mass is 330 g/mol. The number of Topliss-reactive ketones (excluding diaryl/α,β-unsaturated/α-hetero) is 2. The van der Waals surface area contributed by atoms with Crippen molar-refractivity contribution < 1.29 is 23.9 Å². The third-order valence-electron chi connectivity index (χ3n) is 5.89. The van der Waals surface area contributed by atoms with Gasteiger partial charge in [-0.25, -0.2) is 0 Å². The number of hydrogen-bond acceptors (Lipinski definition) is 5. The van der Waals surface area contributed by atoms with Gasteiger partial charge in [-0.2, -0.15) is 0 Å². The molecule has 1 aromatic rings. The highest BCUT2D eigenvalue weighted by Crippen LogP contribution is 2.56. The summed E-state index contributed by atoms with van der Waals surface area (Å²) in [5, 5.41) is 0. The van der Waals surface area contributed by atoms with Crippen molar-refractivity contribution in [1.29, 1.82) is 0 Å². The Bertz CT molecular complexity index is 737. The van der Waals surface area contributed by atoms with E-state index >= 15 is 0 Å². The Morgan fingerprint density at radius 2 is 1.88 bits per heavy atom. The van der Waals surface area contributed by atoms with E-state index in [1.54, 1.807) is 26.2 Å². The van der Waals surface area contributed by atoms with Crippen molar-refractivity contribution in [2.24, 2.45) is 11.3 Å². The summed E-state index contributed by atoms with van der Waals surface area (Å²) in [5.41, 5.74) is -0.356. The molecule has 5 heteroatoms. The fourth-order valence-corrected chi connectivity index (χ4v) is 4.72.